The maximum Gasteiger partial charge on any atom is 0.0600 e. The van der Waals surface area contributed by atoms with E-state index < -0.39 is 0 Å². The van der Waals surface area contributed by atoms with Gasteiger partial charge in [0, 0.05) is 32.7 Å². The van der Waals surface area contributed by atoms with Gasteiger partial charge in [-0.3, -0.25) is 0 Å². The number of nitrogens with zero attached hydrogens (tertiary/aromatic N) is 1. The van der Waals surface area contributed by atoms with Gasteiger partial charge in [0.05, 0.1) is 5.71 Å². The van der Waals surface area contributed by atoms with E-state index in [0.717, 1.165) is 16.8 Å². The summed E-state index contributed by atoms with van der Waals surface area (Å²) in [5.74, 6) is 0. The normalized spacial score (nSPS) is 11.2. The summed E-state index contributed by atoms with van der Waals surface area (Å²) in [6, 6.07) is 9.55. The topological polar surface area (TPSA) is 38.0 Å². The van der Waals surface area contributed by atoms with E-state index in [0.29, 0.717) is 5.71 Å². The first-order valence-corrected chi connectivity index (χ1v) is 5.64. The Labute approximate surface area is 140 Å². The van der Waals surface area contributed by atoms with Gasteiger partial charge >= 0.3 is 0 Å². The molecule has 0 bridgehead atoms. The third-order valence-corrected chi connectivity index (χ3v) is 2.42. The zero-order valence-corrected chi connectivity index (χ0v) is 14.0. The van der Waals surface area contributed by atoms with Gasteiger partial charge in [0.15, 0.2) is 0 Å². The molecule has 2 nitrogen and oxygen atoms in total. The standard InChI is InChI=1S/C16H17N2.Y/c1-4-9-13(5-2)16(18-3)12-15(17)14-10-7-6-8-11-14;/h4-12,17H,1-2H2,3H3;/q-1;/b13-9+,16-12-,17-15?;. The Bertz CT molecular complexity index is 499. The molecule has 0 heterocycles. The second kappa shape index (κ2) is 9.65. The number of nitrogens with one attached hydrogen (secondary N) is 1. The summed E-state index contributed by atoms with van der Waals surface area (Å²) >= 11 is 0. The fraction of sp³-hybridized carbons (Fsp3) is 0.0625. The average molecular weight is 326 g/mol. The van der Waals surface area contributed by atoms with Crippen molar-refractivity contribution in [3.8, 4) is 0 Å². The van der Waals surface area contributed by atoms with E-state index >= 15 is 0 Å². The Morgan fingerprint density at radius 3 is 2.32 bits per heavy atom. The molecule has 0 spiro atoms. The molecular weight excluding hydrogens is 309 g/mol. The van der Waals surface area contributed by atoms with Crippen LogP contribution < -0.4 is 0 Å². The van der Waals surface area contributed by atoms with E-state index in [-0.39, 0.29) is 32.7 Å². The van der Waals surface area contributed by atoms with Crippen molar-refractivity contribution in [1.29, 1.82) is 5.41 Å². The van der Waals surface area contributed by atoms with Crippen molar-refractivity contribution in [1.82, 2.24) is 0 Å². The van der Waals surface area contributed by atoms with Crippen LogP contribution in [0.25, 0.3) is 5.32 Å². The Kier molecular flexibility index (Phi) is 9.02. The molecule has 0 aromatic heterocycles. The van der Waals surface area contributed by atoms with Crippen LogP contribution in [0.4, 0.5) is 0 Å². The number of benzene rings is 1. The molecule has 0 aliphatic rings. The SMILES string of the molecule is C=C/C=C(C=C)/C(=C/C(=N)c1ccccc1)[N-]C.[Y]. The number of hydrogen-bond acceptors (Lipinski definition) is 1. The Balaban J connectivity index is 0.00000324. The molecule has 95 valence electrons. The molecule has 0 saturated heterocycles. The first-order valence-electron chi connectivity index (χ1n) is 5.64. The van der Waals surface area contributed by atoms with Gasteiger partial charge in [0.1, 0.15) is 0 Å². The molecule has 0 unspecified atom stereocenters. The van der Waals surface area contributed by atoms with Crippen LogP contribution in [0.1, 0.15) is 5.56 Å². The van der Waals surface area contributed by atoms with Crippen LogP contribution >= 0.6 is 0 Å². The Morgan fingerprint density at radius 1 is 1.21 bits per heavy atom. The van der Waals surface area contributed by atoms with Crippen LogP contribution in [0, 0.1) is 5.41 Å². The molecule has 3 heteroatoms. The number of rotatable bonds is 6. The summed E-state index contributed by atoms with van der Waals surface area (Å²) in [6.07, 6.45) is 6.94. The van der Waals surface area contributed by atoms with Crippen molar-refractivity contribution in [2.45, 2.75) is 0 Å². The van der Waals surface area contributed by atoms with Gasteiger partial charge in [-0.05, 0) is 11.1 Å². The molecule has 0 aliphatic carbocycles. The summed E-state index contributed by atoms with van der Waals surface area (Å²) in [6.45, 7) is 7.40. The number of likely N-dealkylation sites (N-methyl/N-ethyl adjacent to an activating group) is 1. The Hall–Kier alpha value is -1.25. The second-order valence-electron chi connectivity index (χ2n) is 3.59. The summed E-state index contributed by atoms with van der Waals surface area (Å²) in [7, 11) is 1.70. The summed E-state index contributed by atoms with van der Waals surface area (Å²) in [4.78, 5) is 0. The first kappa shape index (κ1) is 17.8. The minimum absolute atomic E-state index is 0. The molecular formula is C16H17N2Y-. The van der Waals surface area contributed by atoms with Crippen LogP contribution in [-0.2, 0) is 32.7 Å². The molecule has 0 atom stereocenters. The first-order chi connectivity index (χ1) is 8.72. The van der Waals surface area contributed by atoms with Crippen molar-refractivity contribution < 1.29 is 32.7 Å². The predicted molar refractivity (Wildman–Crippen MR) is 79.1 cm³/mol. The number of allylic oxidation sites excluding steroid dienone is 4. The maximum absolute atomic E-state index is 8.04. The Morgan fingerprint density at radius 2 is 1.84 bits per heavy atom. The summed E-state index contributed by atoms with van der Waals surface area (Å²) < 4.78 is 0. The van der Waals surface area contributed by atoms with Crippen molar-refractivity contribution in [3.05, 3.63) is 89.9 Å². The van der Waals surface area contributed by atoms with E-state index in [4.69, 9.17) is 5.41 Å². The molecule has 1 aromatic rings. The zero-order chi connectivity index (χ0) is 13.4. The smallest absolute Gasteiger partial charge is 0.0600 e. The second-order valence-corrected chi connectivity index (χ2v) is 3.59. The number of hydrogen-bond donors (Lipinski definition) is 1. The third-order valence-electron chi connectivity index (χ3n) is 2.42. The molecule has 0 fully saturated rings. The minimum atomic E-state index is 0. The van der Waals surface area contributed by atoms with Crippen molar-refractivity contribution in [3.63, 3.8) is 0 Å². The van der Waals surface area contributed by atoms with Gasteiger partial charge in [-0.2, -0.15) is 0 Å². The molecule has 1 radical (unpaired) electrons. The third kappa shape index (κ3) is 5.50. The fourth-order valence-corrected chi connectivity index (χ4v) is 1.50. The van der Waals surface area contributed by atoms with Gasteiger partial charge in [-0.15, -0.1) is 12.7 Å². The molecule has 0 saturated carbocycles. The fourth-order valence-electron chi connectivity index (χ4n) is 1.50. The van der Waals surface area contributed by atoms with Gasteiger partial charge in [0.25, 0.3) is 0 Å². The van der Waals surface area contributed by atoms with Crippen LogP contribution in [0.5, 0.6) is 0 Å². The van der Waals surface area contributed by atoms with E-state index in [1.807, 2.05) is 36.4 Å². The van der Waals surface area contributed by atoms with E-state index in [2.05, 4.69) is 18.5 Å². The van der Waals surface area contributed by atoms with Crippen molar-refractivity contribution in [2.75, 3.05) is 7.05 Å². The maximum atomic E-state index is 8.04. The minimum Gasteiger partial charge on any atom is -0.686 e. The quantitative estimate of drug-likeness (QED) is 0.600. The van der Waals surface area contributed by atoms with Gasteiger partial charge in [0.2, 0.25) is 0 Å². The van der Waals surface area contributed by atoms with Gasteiger partial charge < -0.3 is 10.7 Å². The largest absolute Gasteiger partial charge is 0.686 e. The van der Waals surface area contributed by atoms with E-state index in [1.54, 1.807) is 25.3 Å². The molecule has 1 aromatic carbocycles. The van der Waals surface area contributed by atoms with Crippen LogP contribution in [0.3, 0.4) is 0 Å². The average Bonchev–Trinajstić information content (AvgIpc) is 2.43. The van der Waals surface area contributed by atoms with Crippen LogP contribution in [-0.4, -0.2) is 12.8 Å². The van der Waals surface area contributed by atoms with E-state index in [9.17, 15) is 0 Å². The monoisotopic (exact) mass is 326 g/mol. The van der Waals surface area contributed by atoms with Crippen LogP contribution in [0.15, 0.2) is 79.1 Å². The summed E-state index contributed by atoms with van der Waals surface area (Å²) in [5, 5.41) is 12.2. The van der Waals surface area contributed by atoms with Crippen LogP contribution in [0.2, 0.25) is 0 Å². The zero-order valence-electron chi connectivity index (χ0n) is 11.1. The van der Waals surface area contributed by atoms with E-state index in [1.165, 1.54) is 0 Å². The van der Waals surface area contributed by atoms with Crippen molar-refractivity contribution in [2.24, 2.45) is 0 Å². The van der Waals surface area contributed by atoms with Gasteiger partial charge in [-0.1, -0.05) is 67.8 Å². The molecule has 0 aliphatic heterocycles. The van der Waals surface area contributed by atoms with Crippen molar-refractivity contribution >= 4 is 5.71 Å². The molecule has 19 heavy (non-hydrogen) atoms. The molecule has 1 rings (SSSR count). The van der Waals surface area contributed by atoms with Gasteiger partial charge in [-0.25, -0.2) is 0 Å². The predicted octanol–water partition coefficient (Wildman–Crippen LogP) is 4.24. The summed E-state index contributed by atoms with van der Waals surface area (Å²) in [5.41, 5.74) is 2.86. The molecule has 0 amide bonds. The molecule has 1 N–H and O–H groups in total.